The fourth-order valence-corrected chi connectivity index (χ4v) is 18.6. The van der Waals surface area contributed by atoms with Gasteiger partial charge in [0.2, 0.25) is 35.4 Å². The van der Waals surface area contributed by atoms with Crippen molar-refractivity contribution in [1.82, 2.24) is 39.0 Å². The van der Waals surface area contributed by atoms with Crippen molar-refractivity contribution >= 4 is 106 Å². The van der Waals surface area contributed by atoms with Crippen LogP contribution in [0.15, 0.2) is 18.7 Å². The highest BCUT2D eigenvalue weighted by molar-refractivity contribution is 5.96. The molecule has 133 heavy (non-hydrogen) atoms. The van der Waals surface area contributed by atoms with Crippen LogP contribution in [-0.2, 0) is 124 Å². The molecule has 6 aliphatic rings. The van der Waals surface area contributed by atoms with Crippen LogP contribution >= 0.6 is 0 Å². The van der Waals surface area contributed by atoms with E-state index in [0.717, 1.165) is 135 Å². The average molecular weight is 1880 g/mol. The standard InChI is InChI=1S/C30H50N2O7.C27H44N2O7.C23H35N3O6.C19H31NO6/c1-5-24(31-19-11-15-27(31)35)12-10-13-25(32-18-9-7-8-14-26(32)34)16-17-30(4,6-2)29(37)39-21-20-38-28(36)22-23(3)33;1-5-27(4,26(34)36-18-17-35-25(33)19-21(3)30)22(29-16-10-14-24(29)32)12-9-11-20(2)28-15-8-6-7-13-23(28)31;1-5-19(25-10-8-24-16-25)15-23(4,14-17(2)26-9-6-7-20(26)28)22(30)32-12-11-31-21(29)13-18(3)27;1-5-17(26-15(4)22)11-16(12-25-19(24)10-14(3)21)9-13(2)20-8-6-7-18(20)23/h24-25H,5-22H2,1-4H3;20,22H,5-19H2,1-4H3;8,10,16-17,19H,5-7,9,11-15H2,1-4H3;13,16-17H,5-12H2,1-4H3. The molecule has 34 nitrogen and oxygen atoms in total. The van der Waals surface area contributed by atoms with Crippen LogP contribution in [0.3, 0.4) is 0 Å². The number of amides is 6. The summed E-state index contributed by atoms with van der Waals surface area (Å²) in [5.74, 6) is -4.09. The van der Waals surface area contributed by atoms with Gasteiger partial charge in [-0.25, -0.2) is 4.98 Å². The summed E-state index contributed by atoms with van der Waals surface area (Å²) in [7, 11) is 0. The Morgan fingerprint density at radius 2 is 0.782 bits per heavy atom. The van der Waals surface area contributed by atoms with Crippen LogP contribution in [0.4, 0.5) is 0 Å². The number of hydrogen-bond donors (Lipinski definition) is 0. The van der Waals surface area contributed by atoms with Crippen molar-refractivity contribution in [2.24, 2.45) is 22.2 Å². The van der Waals surface area contributed by atoms with E-state index in [1.54, 1.807) is 12.5 Å². The van der Waals surface area contributed by atoms with Gasteiger partial charge >= 0.3 is 47.8 Å². The van der Waals surface area contributed by atoms with Crippen LogP contribution in [0.2, 0.25) is 0 Å². The Bertz CT molecular complexity index is 3930. The van der Waals surface area contributed by atoms with Gasteiger partial charge in [0.1, 0.15) is 94.6 Å². The zero-order valence-electron chi connectivity index (χ0n) is 83.0. The largest absolute Gasteiger partial charge is 0.465 e. The minimum Gasteiger partial charge on any atom is -0.465 e. The van der Waals surface area contributed by atoms with E-state index in [9.17, 15) is 86.3 Å². The smallest absolute Gasteiger partial charge is 0.314 e. The Labute approximate surface area is 788 Å². The van der Waals surface area contributed by atoms with E-state index in [2.05, 4.69) is 25.8 Å². The average Bonchev–Trinajstić information content (AvgIpc) is 1.75. The normalized spacial score (nSPS) is 18.7. The highest BCUT2D eigenvalue weighted by Gasteiger charge is 2.48. The van der Waals surface area contributed by atoms with E-state index in [-0.39, 0.29) is 197 Å². The number of nitrogens with zero attached hydrogens (tertiary/aromatic N) is 8. The van der Waals surface area contributed by atoms with Crippen LogP contribution in [0.25, 0.3) is 0 Å². The minimum absolute atomic E-state index is 0.0244. The van der Waals surface area contributed by atoms with Gasteiger partial charge in [0.25, 0.3) is 0 Å². The Morgan fingerprint density at radius 3 is 1.23 bits per heavy atom. The highest BCUT2D eigenvalue weighted by Crippen LogP contribution is 2.41. The molecular weight excluding hydrogens is 1720 g/mol. The molecule has 0 bridgehead atoms. The zero-order valence-corrected chi connectivity index (χ0v) is 83.0. The summed E-state index contributed by atoms with van der Waals surface area (Å²) >= 11 is 0. The van der Waals surface area contributed by atoms with E-state index in [0.29, 0.717) is 116 Å². The number of carbonyl (C=O) groups excluding carboxylic acids is 18. The van der Waals surface area contributed by atoms with Crippen LogP contribution in [-0.4, -0.2) is 273 Å². The van der Waals surface area contributed by atoms with Gasteiger partial charge in [-0.3, -0.25) is 86.3 Å². The van der Waals surface area contributed by atoms with E-state index >= 15 is 0 Å². The fraction of sp³-hybridized carbons (Fsp3) is 0.788. The monoisotopic (exact) mass is 1880 g/mol. The molecule has 752 valence electrons. The molecule has 0 aliphatic carbocycles. The van der Waals surface area contributed by atoms with Crippen molar-refractivity contribution in [3.8, 4) is 0 Å². The number of ether oxygens (including phenoxy) is 8. The van der Waals surface area contributed by atoms with Crippen molar-refractivity contribution in [2.45, 2.75) is 397 Å². The first-order valence-electron chi connectivity index (χ1n) is 49.1. The lowest BCUT2D eigenvalue weighted by Crippen LogP contribution is -2.51. The van der Waals surface area contributed by atoms with Gasteiger partial charge in [-0.05, 0) is 236 Å². The molecule has 6 amide bonds. The summed E-state index contributed by atoms with van der Waals surface area (Å²) in [4.78, 5) is 231. The second kappa shape index (κ2) is 60.7. The Morgan fingerprint density at radius 1 is 0.383 bits per heavy atom. The first kappa shape index (κ1) is 116. The molecule has 0 saturated carbocycles. The zero-order chi connectivity index (χ0) is 99.0. The Balaban J connectivity index is 0.000000374. The maximum atomic E-state index is 13.2. The number of rotatable bonds is 55. The molecule has 7 rings (SSSR count). The molecule has 34 heteroatoms. The lowest BCUT2D eigenvalue weighted by atomic mass is 9.76. The third kappa shape index (κ3) is 41.3. The van der Waals surface area contributed by atoms with Gasteiger partial charge in [-0.15, -0.1) is 0 Å². The van der Waals surface area contributed by atoms with Crippen LogP contribution < -0.4 is 0 Å². The highest BCUT2D eigenvalue weighted by atomic mass is 16.6. The molecule has 0 radical (unpaired) electrons. The summed E-state index contributed by atoms with van der Waals surface area (Å²) < 4.78 is 43.8. The number of aromatic nitrogens is 2. The molecule has 6 fully saturated rings. The number of Topliss-reactive ketones (excluding diaryl/α,β-unsaturated/α-hetero) is 4. The van der Waals surface area contributed by atoms with Gasteiger partial charge in [0.15, 0.2) is 0 Å². The molecule has 0 aromatic carbocycles. The van der Waals surface area contributed by atoms with Gasteiger partial charge < -0.3 is 71.9 Å². The molecule has 6 saturated heterocycles. The number of imidazole rings is 1. The number of ketones is 4. The third-order valence-electron chi connectivity index (χ3n) is 26.6. The van der Waals surface area contributed by atoms with E-state index < -0.39 is 52.1 Å². The number of hydrogen-bond acceptors (Lipinski definition) is 27. The predicted octanol–water partition coefficient (Wildman–Crippen LogP) is 13.0. The second-order valence-electron chi connectivity index (χ2n) is 37.7. The molecule has 7 heterocycles. The first-order valence-corrected chi connectivity index (χ1v) is 49.1. The summed E-state index contributed by atoms with van der Waals surface area (Å²) in [5, 5.41) is 0. The lowest BCUT2D eigenvalue weighted by molar-refractivity contribution is -0.165. The fourth-order valence-electron chi connectivity index (χ4n) is 18.6. The van der Waals surface area contributed by atoms with Crippen molar-refractivity contribution in [1.29, 1.82) is 0 Å². The molecule has 0 N–H and O–H groups in total. The molecule has 0 spiro atoms. The topological polar surface area (TPSA) is 418 Å². The van der Waals surface area contributed by atoms with Gasteiger partial charge in [-0.1, -0.05) is 47.5 Å². The quantitative estimate of drug-likeness (QED) is 0.0253. The number of esters is 8. The van der Waals surface area contributed by atoms with Crippen molar-refractivity contribution in [2.75, 3.05) is 85.5 Å². The lowest BCUT2D eigenvalue weighted by Gasteiger charge is -2.41. The Kier molecular flexibility index (Phi) is 52.9. The molecule has 6 aliphatic heterocycles. The van der Waals surface area contributed by atoms with E-state index in [1.165, 1.54) is 34.6 Å². The summed E-state index contributed by atoms with van der Waals surface area (Å²) in [6.07, 6.45) is 28.7. The summed E-state index contributed by atoms with van der Waals surface area (Å²) in [6, 6.07) is 0.0827. The second-order valence-corrected chi connectivity index (χ2v) is 37.7. The van der Waals surface area contributed by atoms with Crippen molar-refractivity contribution in [3.05, 3.63) is 18.7 Å². The van der Waals surface area contributed by atoms with Crippen LogP contribution in [0.1, 0.15) is 354 Å². The summed E-state index contributed by atoms with van der Waals surface area (Å²) in [5.41, 5.74) is -2.48. The number of carbonyl (C=O) groups is 18. The minimum atomic E-state index is -0.912. The predicted molar refractivity (Wildman–Crippen MR) is 493 cm³/mol. The molecule has 12 unspecified atom stereocenters. The maximum absolute atomic E-state index is 13.2. The van der Waals surface area contributed by atoms with Crippen LogP contribution in [0, 0.1) is 22.2 Å². The maximum Gasteiger partial charge on any atom is 0.314 e. The Hall–Kier alpha value is -9.53. The van der Waals surface area contributed by atoms with Gasteiger partial charge in [-0.2, -0.15) is 0 Å². The van der Waals surface area contributed by atoms with Crippen molar-refractivity contribution < 1.29 is 124 Å². The third-order valence-corrected chi connectivity index (χ3v) is 26.6. The molecule has 1 aromatic heterocycles. The van der Waals surface area contributed by atoms with Crippen molar-refractivity contribution in [3.63, 3.8) is 0 Å². The molecule has 12 atom stereocenters. The molecular formula is C99H160N8O26. The first-order chi connectivity index (χ1) is 63.1. The SMILES string of the molecule is CCC(C)(C(=O)OCCOC(=O)CC(C)=O)C(CCCC(C)N1CCCCCC1=O)N1CCCC1=O.CCC(CC(C)(CC(C)N1CCCC1=O)C(=O)OCCOC(=O)CC(C)=O)n1ccnc1.CCC(CC(COC(=O)CC(C)=O)CC(C)N1CCCC1=O)OC(C)=O.CCC(CCCC(CCC(C)(CC)C(=O)OCCOC(=O)CC(C)=O)N1CCCCCC1=O)N1CCCC1=O. The number of likely N-dealkylation sites (tertiary alicyclic amines) is 6. The van der Waals surface area contributed by atoms with Crippen LogP contribution in [0.5, 0.6) is 0 Å². The summed E-state index contributed by atoms with van der Waals surface area (Å²) in [6.45, 7) is 32.3. The molecule has 1 aromatic rings. The van der Waals surface area contributed by atoms with E-state index in [1.807, 2.05) is 95.6 Å². The van der Waals surface area contributed by atoms with Gasteiger partial charge in [0.05, 0.1) is 29.2 Å². The van der Waals surface area contributed by atoms with Gasteiger partial charge in [0, 0.05) is 139 Å². The van der Waals surface area contributed by atoms with E-state index in [4.69, 9.17) is 37.9 Å².